The second-order valence-corrected chi connectivity index (χ2v) is 6.95. The molecule has 0 radical (unpaired) electrons. The van der Waals surface area contributed by atoms with E-state index in [1.807, 2.05) is 36.5 Å². The minimum atomic E-state index is 0.531. The van der Waals surface area contributed by atoms with Crippen LogP contribution in [0, 0.1) is 13.8 Å². The Morgan fingerprint density at radius 3 is 2.43 bits per heavy atom. The predicted octanol–water partition coefficient (Wildman–Crippen LogP) is 6.79. The highest BCUT2D eigenvalue weighted by atomic mass is 16.5. The Hall–Kier alpha value is -3.39. The van der Waals surface area contributed by atoms with E-state index in [-0.39, 0.29) is 0 Å². The minimum absolute atomic E-state index is 0.531. The molecular formula is C26H23NO. The fourth-order valence-electron chi connectivity index (χ4n) is 3.28. The molecule has 0 fully saturated rings. The highest BCUT2D eigenvalue weighted by molar-refractivity contribution is 6.03. The van der Waals surface area contributed by atoms with Crippen LogP contribution in [-0.4, -0.2) is 6.21 Å². The molecule has 0 aliphatic rings. The lowest BCUT2D eigenvalue weighted by Gasteiger charge is -2.12. The Morgan fingerprint density at radius 2 is 1.57 bits per heavy atom. The molecule has 2 nitrogen and oxygen atoms in total. The first-order chi connectivity index (χ1) is 13.7. The van der Waals surface area contributed by atoms with Gasteiger partial charge in [0.05, 0.1) is 5.69 Å². The van der Waals surface area contributed by atoms with E-state index in [4.69, 9.17) is 9.73 Å². The molecule has 4 aromatic carbocycles. The van der Waals surface area contributed by atoms with E-state index >= 15 is 0 Å². The monoisotopic (exact) mass is 365 g/mol. The lowest BCUT2D eigenvalue weighted by atomic mass is 10.0. The van der Waals surface area contributed by atoms with Crippen LogP contribution in [-0.2, 0) is 6.61 Å². The van der Waals surface area contributed by atoms with Crippen LogP contribution in [0.2, 0.25) is 0 Å². The number of nitrogens with zero attached hydrogens (tertiary/aromatic N) is 1. The average molecular weight is 365 g/mol. The standard InChI is InChI=1S/C26H23NO/c1-19-9-8-14-25(20(19)2)27-17-24-23-13-7-6-12-22(23)15-16-26(24)28-18-21-10-4-3-5-11-21/h3-17H,18H2,1-2H3. The van der Waals surface area contributed by atoms with Gasteiger partial charge in [-0.15, -0.1) is 0 Å². The van der Waals surface area contributed by atoms with Crippen molar-refractivity contribution in [2.75, 3.05) is 0 Å². The van der Waals surface area contributed by atoms with Gasteiger partial charge in [0.25, 0.3) is 0 Å². The summed E-state index contributed by atoms with van der Waals surface area (Å²) in [7, 11) is 0. The van der Waals surface area contributed by atoms with Gasteiger partial charge in [0.2, 0.25) is 0 Å². The van der Waals surface area contributed by atoms with E-state index in [0.717, 1.165) is 28.0 Å². The number of rotatable bonds is 5. The van der Waals surface area contributed by atoms with Crippen LogP contribution in [0.15, 0.2) is 89.9 Å². The van der Waals surface area contributed by atoms with Crippen LogP contribution >= 0.6 is 0 Å². The van der Waals surface area contributed by atoms with Gasteiger partial charge in [-0.3, -0.25) is 4.99 Å². The summed E-state index contributed by atoms with van der Waals surface area (Å²) >= 11 is 0. The Labute approximate surface area is 166 Å². The van der Waals surface area contributed by atoms with E-state index in [2.05, 4.69) is 68.4 Å². The number of hydrogen-bond donors (Lipinski definition) is 0. The summed E-state index contributed by atoms with van der Waals surface area (Å²) in [5.41, 5.74) is 5.59. The Morgan fingerprint density at radius 1 is 0.786 bits per heavy atom. The molecule has 0 unspecified atom stereocenters. The highest BCUT2D eigenvalue weighted by Crippen LogP contribution is 2.29. The maximum atomic E-state index is 6.18. The van der Waals surface area contributed by atoms with Gasteiger partial charge in [-0.2, -0.15) is 0 Å². The maximum Gasteiger partial charge on any atom is 0.129 e. The predicted molar refractivity (Wildman–Crippen MR) is 118 cm³/mol. The van der Waals surface area contributed by atoms with Gasteiger partial charge in [-0.05, 0) is 53.4 Å². The summed E-state index contributed by atoms with van der Waals surface area (Å²) in [6, 6.07) is 28.9. The van der Waals surface area contributed by atoms with Crippen molar-refractivity contribution in [3.63, 3.8) is 0 Å². The van der Waals surface area contributed by atoms with Crippen molar-refractivity contribution >= 4 is 22.7 Å². The largest absolute Gasteiger partial charge is 0.488 e. The highest BCUT2D eigenvalue weighted by Gasteiger charge is 2.08. The van der Waals surface area contributed by atoms with Crippen molar-refractivity contribution in [3.05, 3.63) is 107 Å². The molecule has 4 aromatic rings. The SMILES string of the molecule is Cc1cccc(N=Cc2c(OCc3ccccc3)ccc3ccccc23)c1C. The molecule has 0 saturated carbocycles. The number of aryl methyl sites for hydroxylation is 1. The molecule has 0 N–H and O–H groups in total. The number of fused-ring (bicyclic) bond motifs is 1. The van der Waals surface area contributed by atoms with E-state index < -0.39 is 0 Å². The Bertz CT molecular complexity index is 1130. The van der Waals surface area contributed by atoms with Gasteiger partial charge < -0.3 is 4.74 Å². The zero-order valence-corrected chi connectivity index (χ0v) is 16.2. The number of aliphatic imine (C=N–C) groups is 1. The van der Waals surface area contributed by atoms with Gasteiger partial charge >= 0.3 is 0 Å². The summed E-state index contributed by atoms with van der Waals surface area (Å²) in [4.78, 5) is 4.80. The van der Waals surface area contributed by atoms with Crippen molar-refractivity contribution in [1.82, 2.24) is 0 Å². The third-order valence-electron chi connectivity index (χ3n) is 5.08. The number of hydrogen-bond acceptors (Lipinski definition) is 2. The first-order valence-electron chi connectivity index (χ1n) is 9.51. The van der Waals surface area contributed by atoms with E-state index in [1.54, 1.807) is 0 Å². The molecule has 0 heterocycles. The molecule has 0 atom stereocenters. The molecular weight excluding hydrogens is 342 g/mol. The van der Waals surface area contributed by atoms with Crippen LogP contribution in [0.3, 0.4) is 0 Å². The zero-order chi connectivity index (χ0) is 19.3. The first-order valence-corrected chi connectivity index (χ1v) is 9.51. The average Bonchev–Trinajstić information content (AvgIpc) is 2.74. The minimum Gasteiger partial charge on any atom is -0.488 e. The van der Waals surface area contributed by atoms with Crippen molar-refractivity contribution in [2.45, 2.75) is 20.5 Å². The number of benzene rings is 4. The van der Waals surface area contributed by atoms with Crippen LogP contribution in [0.25, 0.3) is 10.8 Å². The summed E-state index contributed by atoms with van der Waals surface area (Å²) in [6.07, 6.45) is 1.93. The number of ether oxygens (including phenoxy) is 1. The van der Waals surface area contributed by atoms with Crippen molar-refractivity contribution < 1.29 is 4.74 Å². The molecule has 28 heavy (non-hydrogen) atoms. The lowest BCUT2D eigenvalue weighted by molar-refractivity contribution is 0.306. The van der Waals surface area contributed by atoms with E-state index in [1.165, 1.54) is 16.5 Å². The third-order valence-corrected chi connectivity index (χ3v) is 5.08. The Balaban J connectivity index is 1.73. The van der Waals surface area contributed by atoms with Gasteiger partial charge in [0, 0.05) is 11.8 Å². The summed E-state index contributed by atoms with van der Waals surface area (Å²) in [5.74, 6) is 0.844. The van der Waals surface area contributed by atoms with Crippen LogP contribution in [0.1, 0.15) is 22.3 Å². The van der Waals surface area contributed by atoms with E-state index in [0.29, 0.717) is 6.61 Å². The fraction of sp³-hybridized carbons (Fsp3) is 0.115. The molecule has 0 amide bonds. The van der Waals surface area contributed by atoms with Crippen molar-refractivity contribution in [1.29, 1.82) is 0 Å². The first kappa shape index (κ1) is 18.0. The molecule has 0 aliphatic heterocycles. The maximum absolute atomic E-state index is 6.18. The van der Waals surface area contributed by atoms with Gasteiger partial charge in [-0.25, -0.2) is 0 Å². The Kier molecular flexibility index (Phi) is 5.20. The van der Waals surface area contributed by atoms with Gasteiger partial charge in [0.1, 0.15) is 12.4 Å². The third kappa shape index (κ3) is 3.81. The van der Waals surface area contributed by atoms with Crippen LogP contribution in [0.4, 0.5) is 5.69 Å². The molecule has 0 bridgehead atoms. The smallest absolute Gasteiger partial charge is 0.129 e. The lowest BCUT2D eigenvalue weighted by Crippen LogP contribution is -1.99. The molecule has 0 spiro atoms. The van der Waals surface area contributed by atoms with Crippen LogP contribution < -0.4 is 4.74 Å². The summed E-state index contributed by atoms with van der Waals surface area (Å²) in [6.45, 7) is 4.75. The van der Waals surface area contributed by atoms with Gasteiger partial charge in [-0.1, -0.05) is 72.8 Å². The van der Waals surface area contributed by atoms with Crippen LogP contribution in [0.5, 0.6) is 5.75 Å². The quantitative estimate of drug-likeness (QED) is 0.357. The summed E-state index contributed by atoms with van der Waals surface area (Å²) < 4.78 is 6.18. The summed E-state index contributed by atoms with van der Waals surface area (Å²) in [5, 5.41) is 2.32. The second-order valence-electron chi connectivity index (χ2n) is 6.95. The normalized spacial score (nSPS) is 11.2. The fourth-order valence-corrected chi connectivity index (χ4v) is 3.28. The van der Waals surface area contributed by atoms with E-state index in [9.17, 15) is 0 Å². The molecule has 4 rings (SSSR count). The van der Waals surface area contributed by atoms with Crippen molar-refractivity contribution in [2.24, 2.45) is 4.99 Å². The molecule has 0 aromatic heterocycles. The second kappa shape index (κ2) is 8.10. The molecule has 0 aliphatic carbocycles. The molecule has 0 saturated heterocycles. The zero-order valence-electron chi connectivity index (χ0n) is 16.2. The molecule has 138 valence electrons. The topological polar surface area (TPSA) is 21.6 Å². The van der Waals surface area contributed by atoms with Gasteiger partial charge in [0.15, 0.2) is 0 Å². The molecule has 2 heteroatoms. The van der Waals surface area contributed by atoms with Crippen molar-refractivity contribution in [3.8, 4) is 5.75 Å².